The number of pyridine rings is 3. The molecule has 1 N–H and O–H groups in total. The Kier molecular flexibility index (Phi) is 6.95. The van der Waals surface area contributed by atoms with Crippen LogP contribution in [0.1, 0.15) is 33.7 Å². The number of hydrogen-bond donors (Lipinski definition) is 1. The smallest absolute Gasteiger partial charge is 0.272 e. The van der Waals surface area contributed by atoms with E-state index in [2.05, 4.69) is 15.3 Å². The van der Waals surface area contributed by atoms with Crippen molar-refractivity contribution in [3.8, 4) is 17.2 Å². The Balaban J connectivity index is 1.21. The van der Waals surface area contributed by atoms with E-state index in [1.54, 1.807) is 76.3 Å². The van der Waals surface area contributed by atoms with Crippen LogP contribution in [0.25, 0.3) is 16.7 Å². The molecule has 4 heterocycles. The number of benzene rings is 2. The van der Waals surface area contributed by atoms with Crippen LogP contribution >= 0.6 is 0 Å². The highest BCUT2D eigenvalue weighted by Gasteiger charge is 2.21. The predicted octanol–water partition coefficient (Wildman–Crippen LogP) is 5.20. The van der Waals surface area contributed by atoms with Crippen LogP contribution in [-0.4, -0.2) is 44.3 Å². The zero-order valence-corrected chi connectivity index (χ0v) is 21.8. The molecule has 0 unspecified atom stereocenters. The van der Waals surface area contributed by atoms with E-state index in [-0.39, 0.29) is 16.9 Å². The first kappa shape index (κ1) is 25.9. The number of hydrogen-bond acceptors (Lipinski definition) is 6. The van der Waals surface area contributed by atoms with E-state index in [4.69, 9.17) is 4.74 Å². The molecule has 6 rings (SSSR count). The van der Waals surface area contributed by atoms with Crippen LogP contribution in [0.2, 0.25) is 0 Å². The standard InChI is InChI=1S/C31H24FN5O4/c32-20-5-9-22(10-6-20)37-19-26(28(38)25-4-3-14-34-29(25)37)30(39)35-21-7-11-23(12-8-21)41-24-13-15-33-27(18-24)31(40)36-16-1-2-17-36/h3-15,18-19H,1-2,16-17H2,(H,35,39). The van der Waals surface area contributed by atoms with Crippen LogP contribution in [0.4, 0.5) is 10.1 Å². The first-order chi connectivity index (χ1) is 20.0. The molecular formula is C31H24FN5O4. The maximum Gasteiger partial charge on any atom is 0.272 e. The number of nitrogens with zero attached hydrogens (tertiary/aromatic N) is 4. The third kappa shape index (κ3) is 5.40. The van der Waals surface area contributed by atoms with E-state index in [1.165, 1.54) is 24.5 Å². The van der Waals surface area contributed by atoms with Gasteiger partial charge in [0, 0.05) is 49.1 Å². The lowest BCUT2D eigenvalue weighted by Crippen LogP contribution is -2.28. The second-order valence-electron chi connectivity index (χ2n) is 9.55. The SMILES string of the molecule is O=C(Nc1ccc(Oc2ccnc(C(=O)N3CCCC3)c2)cc1)c1cn(-c2ccc(F)cc2)c2ncccc2c1=O. The average molecular weight is 550 g/mol. The summed E-state index contributed by atoms with van der Waals surface area (Å²) in [7, 11) is 0. The molecule has 9 nitrogen and oxygen atoms in total. The highest BCUT2D eigenvalue weighted by atomic mass is 19.1. The average Bonchev–Trinajstić information content (AvgIpc) is 3.54. The van der Waals surface area contributed by atoms with E-state index in [1.807, 2.05) is 0 Å². The third-order valence-corrected chi connectivity index (χ3v) is 6.80. The zero-order valence-electron chi connectivity index (χ0n) is 21.8. The van der Waals surface area contributed by atoms with Gasteiger partial charge in [0.05, 0.1) is 5.39 Å². The highest BCUT2D eigenvalue weighted by Crippen LogP contribution is 2.25. The van der Waals surface area contributed by atoms with E-state index in [0.717, 1.165) is 25.9 Å². The minimum absolute atomic E-state index is 0.0952. The monoisotopic (exact) mass is 549 g/mol. The van der Waals surface area contributed by atoms with Gasteiger partial charge >= 0.3 is 0 Å². The third-order valence-electron chi connectivity index (χ3n) is 6.80. The minimum Gasteiger partial charge on any atom is -0.457 e. The molecule has 1 fully saturated rings. The maximum absolute atomic E-state index is 13.5. The summed E-state index contributed by atoms with van der Waals surface area (Å²) in [5.41, 5.74) is 1.10. The van der Waals surface area contributed by atoms with Gasteiger partial charge in [-0.1, -0.05) is 0 Å². The van der Waals surface area contributed by atoms with Crippen LogP contribution in [0.15, 0.2) is 96.2 Å². The fraction of sp³-hybridized carbons (Fsp3) is 0.129. The molecule has 204 valence electrons. The number of likely N-dealkylation sites (tertiary alicyclic amines) is 1. The van der Waals surface area contributed by atoms with Crippen LogP contribution in [0.3, 0.4) is 0 Å². The number of amides is 2. The highest BCUT2D eigenvalue weighted by molar-refractivity contribution is 6.05. The number of nitrogens with one attached hydrogen (secondary N) is 1. The molecule has 0 atom stereocenters. The lowest BCUT2D eigenvalue weighted by atomic mass is 10.1. The Morgan fingerprint density at radius 3 is 2.39 bits per heavy atom. The van der Waals surface area contributed by atoms with Gasteiger partial charge in [-0.2, -0.15) is 0 Å². The Bertz CT molecular complexity index is 1810. The van der Waals surface area contributed by atoms with Crippen molar-refractivity contribution in [1.82, 2.24) is 19.4 Å². The number of halogens is 1. The lowest BCUT2D eigenvalue weighted by molar-refractivity contribution is 0.0786. The van der Waals surface area contributed by atoms with Gasteiger partial charge in [0.1, 0.15) is 34.2 Å². The van der Waals surface area contributed by atoms with Crippen molar-refractivity contribution >= 4 is 28.5 Å². The topological polar surface area (TPSA) is 106 Å². The molecule has 0 spiro atoms. The second kappa shape index (κ2) is 11.0. The first-order valence-corrected chi connectivity index (χ1v) is 13.1. The summed E-state index contributed by atoms with van der Waals surface area (Å²) in [5.74, 6) is -0.175. The summed E-state index contributed by atoms with van der Waals surface area (Å²) >= 11 is 0. The van der Waals surface area contributed by atoms with Crippen molar-refractivity contribution in [3.63, 3.8) is 0 Å². The van der Waals surface area contributed by atoms with Crippen molar-refractivity contribution in [2.45, 2.75) is 12.8 Å². The number of anilines is 1. The fourth-order valence-electron chi connectivity index (χ4n) is 4.74. The number of carbonyl (C=O) groups is 2. The van der Waals surface area contributed by atoms with Crippen molar-refractivity contribution < 1.29 is 18.7 Å². The number of carbonyl (C=O) groups excluding carboxylic acids is 2. The summed E-state index contributed by atoms with van der Waals surface area (Å²) in [6.07, 6.45) is 6.47. The second-order valence-corrected chi connectivity index (χ2v) is 9.55. The van der Waals surface area contributed by atoms with E-state index in [0.29, 0.717) is 34.2 Å². The Labute approximate surface area is 233 Å². The Hall–Kier alpha value is -5.38. The predicted molar refractivity (Wildman–Crippen MR) is 151 cm³/mol. The van der Waals surface area contributed by atoms with Gasteiger partial charge in [-0.25, -0.2) is 9.37 Å². The molecule has 2 aromatic carbocycles. The summed E-state index contributed by atoms with van der Waals surface area (Å²) in [6, 6.07) is 18.8. The van der Waals surface area contributed by atoms with Crippen molar-refractivity contribution in [1.29, 1.82) is 0 Å². The van der Waals surface area contributed by atoms with Crippen molar-refractivity contribution in [2.75, 3.05) is 18.4 Å². The molecule has 1 aliphatic rings. The van der Waals surface area contributed by atoms with Gasteiger partial charge in [0.25, 0.3) is 11.8 Å². The van der Waals surface area contributed by atoms with Gasteiger partial charge < -0.3 is 19.5 Å². The fourth-order valence-corrected chi connectivity index (χ4v) is 4.74. The summed E-state index contributed by atoms with van der Waals surface area (Å²) < 4.78 is 21.0. The van der Waals surface area contributed by atoms with Gasteiger partial charge in [0.15, 0.2) is 0 Å². The van der Waals surface area contributed by atoms with E-state index >= 15 is 0 Å². The lowest BCUT2D eigenvalue weighted by Gasteiger charge is -2.15. The molecule has 3 aromatic heterocycles. The van der Waals surface area contributed by atoms with Gasteiger partial charge in [-0.3, -0.25) is 19.4 Å². The molecule has 0 radical (unpaired) electrons. The maximum atomic E-state index is 13.5. The zero-order chi connectivity index (χ0) is 28.3. The largest absolute Gasteiger partial charge is 0.457 e. The molecule has 41 heavy (non-hydrogen) atoms. The normalized spacial score (nSPS) is 12.9. The molecule has 0 saturated carbocycles. The molecule has 0 bridgehead atoms. The summed E-state index contributed by atoms with van der Waals surface area (Å²) in [6.45, 7) is 1.46. The van der Waals surface area contributed by atoms with Crippen LogP contribution in [-0.2, 0) is 0 Å². The Morgan fingerprint density at radius 2 is 1.63 bits per heavy atom. The quantitative estimate of drug-likeness (QED) is 0.312. The molecular weight excluding hydrogens is 525 g/mol. The number of ether oxygens (including phenoxy) is 1. The molecule has 2 amide bonds. The molecule has 1 saturated heterocycles. The van der Waals surface area contributed by atoms with Gasteiger partial charge in [-0.15, -0.1) is 0 Å². The van der Waals surface area contributed by atoms with Crippen LogP contribution in [0, 0.1) is 5.82 Å². The van der Waals surface area contributed by atoms with Crippen LogP contribution in [0.5, 0.6) is 11.5 Å². The van der Waals surface area contributed by atoms with Crippen LogP contribution < -0.4 is 15.5 Å². The molecule has 5 aromatic rings. The number of rotatable bonds is 6. The van der Waals surface area contributed by atoms with Crippen molar-refractivity contribution in [3.05, 3.63) is 119 Å². The summed E-state index contributed by atoms with van der Waals surface area (Å²) in [4.78, 5) is 49.3. The number of aromatic nitrogens is 3. The van der Waals surface area contributed by atoms with Crippen molar-refractivity contribution in [2.24, 2.45) is 0 Å². The van der Waals surface area contributed by atoms with Gasteiger partial charge in [0.2, 0.25) is 5.43 Å². The molecule has 1 aliphatic heterocycles. The van der Waals surface area contributed by atoms with Gasteiger partial charge in [-0.05, 0) is 79.6 Å². The van der Waals surface area contributed by atoms with E-state index in [9.17, 15) is 18.8 Å². The summed E-state index contributed by atoms with van der Waals surface area (Å²) in [5, 5.41) is 3.01. The van der Waals surface area contributed by atoms with E-state index < -0.39 is 17.2 Å². The minimum atomic E-state index is -0.607. The first-order valence-electron chi connectivity index (χ1n) is 13.1. The Morgan fingerprint density at radius 1 is 0.878 bits per heavy atom. The molecule has 10 heteroatoms. The molecule has 0 aliphatic carbocycles. The number of fused-ring (bicyclic) bond motifs is 1.